The zero-order valence-corrected chi connectivity index (χ0v) is 8.80. The van der Waals surface area contributed by atoms with Gasteiger partial charge in [-0.2, -0.15) is 5.10 Å². The molecule has 0 radical (unpaired) electrons. The highest BCUT2D eigenvalue weighted by molar-refractivity contribution is 6.05. The minimum atomic E-state index is -0.210. The van der Waals surface area contributed by atoms with Crippen LogP contribution in [0.5, 0.6) is 0 Å². The van der Waals surface area contributed by atoms with Crippen LogP contribution in [-0.2, 0) is 14.1 Å². The van der Waals surface area contributed by atoms with E-state index in [1.165, 1.54) is 6.33 Å². The molecule has 0 fully saturated rings. The van der Waals surface area contributed by atoms with Crippen LogP contribution in [0.3, 0.4) is 0 Å². The molecule has 0 N–H and O–H groups in total. The number of rotatable bonds is 2. The minimum absolute atomic E-state index is 0.210. The van der Waals surface area contributed by atoms with E-state index in [0.29, 0.717) is 11.5 Å². The molecule has 2 aromatic heterocycles. The molecule has 0 atom stereocenters. The molecule has 78 valence electrons. The maximum absolute atomic E-state index is 11.9. The van der Waals surface area contributed by atoms with Gasteiger partial charge >= 0.3 is 0 Å². The summed E-state index contributed by atoms with van der Waals surface area (Å²) in [6, 6.07) is 1.73. The Labute approximate surface area is 86.5 Å². The fraction of sp³-hybridized carbons (Fsp3) is 0.333. The van der Waals surface area contributed by atoms with Crippen LogP contribution in [0.2, 0.25) is 0 Å². The highest BCUT2D eigenvalue weighted by atomic mass is 16.1. The highest BCUT2D eigenvalue weighted by Gasteiger charge is 2.17. The van der Waals surface area contributed by atoms with Crippen LogP contribution < -0.4 is 0 Å². The Balaban J connectivity index is 2.41. The van der Waals surface area contributed by atoms with Gasteiger partial charge in [0.15, 0.2) is 0 Å². The average molecular weight is 205 g/mol. The molecular formula is C9H11N5O. The molecule has 0 aliphatic carbocycles. The SMILES string of the molecule is Cc1cc(C(=O)c2nncn2C)nn1C. The van der Waals surface area contributed by atoms with Gasteiger partial charge in [0, 0.05) is 19.8 Å². The summed E-state index contributed by atoms with van der Waals surface area (Å²) in [5.41, 5.74) is 1.33. The van der Waals surface area contributed by atoms with E-state index in [-0.39, 0.29) is 5.78 Å². The molecule has 2 rings (SSSR count). The maximum Gasteiger partial charge on any atom is 0.250 e. The van der Waals surface area contributed by atoms with Crippen molar-refractivity contribution in [3.05, 3.63) is 29.6 Å². The zero-order valence-electron chi connectivity index (χ0n) is 8.80. The molecule has 2 heterocycles. The molecule has 6 nitrogen and oxygen atoms in total. The van der Waals surface area contributed by atoms with Crippen LogP contribution in [0.1, 0.15) is 22.0 Å². The topological polar surface area (TPSA) is 65.6 Å². The molecule has 6 heteroatoms. The first-order valence-electron chi connectivity index (χ1n) is 4.49. The van der Waals surface area contributed by atoms with E-state index in [1.54, 1.807) is 29.4 Å². The molecule has 0 spiro atoms. The fourth-order valence-corrected chi connectivity index (χ4v) is 1.27. The molecule has 0 aliphatic heterocycles. The van der Waals surface area contributed by atoms with Crippen molar-refractivity contribution >= 4 is 5.78 Å². The smallest absolute Gasteiger partial charge is 0.250 e. The second-order valence-corrected chi connectivity index (χ2v) is 3.39. The lowest BCUT2D eigenvalue weighted by molar-refractivity contribution is 0.102. The summed E-state index contributed by atoms with van der Waals surface area (Å²) < 4.78 is 3.23. The van der Waals surface area contributed by atoms with Crippen molar-refractivity contribution < 1.29 is 4.79 Å². The van der Waals surface area contributed by atoms with Crippen LogP contribution >= 0.6 is 0 Å². The average Bonchev–Trinajstić information content (AvgIpc) is 2.74. The number of nitrogens with zero attached hydrogens (tertiary/aromatic N) is 5. The Morgan fingerprint density at radius 1 is 1.40 bits per heavy atom. The molecule has 0 aliphatic rings. The van der Waals surface area contributed by atoms with Crippen molar-refractivity contribution in [1.29, 1.82) is 0 Å². The minimum Gasteiger partial charge on any atom is -0.314 e. The van der Waals surface area contributed by atoms with Gasteiger partial charge in [0.2, 0.25) is 5.82 Å². The second-order valence-electron chi connectivity index (χ2n) is 3.39. The molecule has 0 amide bonds. The molecule has 15 heavy (non-hydrogen) atoms. The number of carbonyl (C=O) groups excluding carboxylic acids is 1. The van der Waals surface area contributed by atoms with E-state index in [0.717, 1.165) is 5.69 Å². The summed E-state index contributed by atoms with van der Waals surface area (Å²) in [4.78, 5) is 11.9. The van der Waals surface area contributed by atoms with Gasteiger partial charge < -0.3 is 4.57 Å². The Morgan fingerprint density at radius 2 is 2.13 bits per heavy atom. The monoisotopic (exact) mass is 205 g/mol. The van der Waals surface area contributed by atoms with Gasteiger partial charge in [-0.1, -0.05) is 0 Å². The summed E-state index contributed by atoms with van der Waals surface area (Å²) in [7, 11) is 3.52. The van der Waals surface area contributed by atoms with Crippen molar-refractivity contribution in [2.24, 2.45) is 14.1 Å². The second kappa shape index (κ2) is 3.30. The third-order valence-corrected chi connectivity index (χ3v) is 2.26. The molecule has 0 saturated heterocycles. The highest BCUT2D eigenvalue weighted by Crippen LogP contribution is 2.06. The van der Waals surface area contributed by atoms with Crippen LogP contribution in [0.4, 0.5) is 0 Å². The normalized spacial score (nSPS) is 10.6. The molecule has 0 bridgehead atoms. The predicted molar refractivity (Wildman–Crippen MR) is 52.4 cm³/mol. The van der Waals surface area contributed by atoms with Gasteiger partial charge in [0.25, 0.3) is 5.78 Å². The molecule has 2 aromatic rings. The summed E-state index contributed by atoms with van der Waals surface area (Å²) in [5.74, 6) is 0.0896. The van der Waals surface area contributed by atoms with E-state index >= 15 is 0 Å². The molecule has 0 aromatic carbocycles. The van der Waals surface area contributed by atoms with Crippen LogP contribution in [0, 0.1) is 6.92 Å². The lowest BCUT2D eigenvalue weighted by Gasteiger charge is -1.95. The Hall–Kier alpha value is -1.98. The standard InChI is InChI=1S/C9H11N5O/c1-6-4-7(12-14(6)3)8(15)9-11-10-5-13(9)2/h4-5H,1-3H3. The van der Waals surface area contributed by atoms with Gasteiger partial charge in [0.05, 0.1) is 0 Å². The number of hydrogen-bond acceptors (Lipinski definition) is 4. The van der Waals surface area contributed by atoms with Crippen LogP contribution in [-0.4, -0.2) is 30.3 Å². The van der Waals surface area contributed by atoms with Crippen molar-refractivity contribution in [1.82, 2.24) is 24.5 Å². The predicted octanol–water partition coefficient (Wildman–Crippen LogP) is 0.0880. The Kier molecular flexibility index (Phi) is 2.11. The van der Waals surface area contributed by atoms with Crippen LogP contribution in [0.25, 0.3) is 0 Å². The third kappa shape index (κ3) is 1.54. The first kappa shape index (κ1) is 9.57. The van der Waals surface area contributed by atoms with Crippen molar-refractivity contribution in [2.75, 3.05) is 0 Å². The van der Waals surface area contributed by atoms with Crippen molar-refractivity contribution in [3.63, 3.8) is 0 Å². The quantitative estimate of drug-likeness (QED) is 0.651. The maximum atomic E-state index is 11.9. The van der Waals surface area contributed by atoms with E-state index in [4.69, 9.17) is 0 Å². The summed E-state index contributed by atoms with van der Waals surface area (Å²) >= 11 is 0. The number of carbonyl (C=O) groups is 1. The van der Waals surface area contributed by atoms with Gasteiger partial charge in [-0.25, -0.2) is 0 Å². The van der Waals surface area contributed by atoms with Gasteiger partial charge in [-0.05, 0) is 13.0 Å². The largest absolute Gasteiger partial charge is 0.314 e. The molecule has 0 saturated carbocycles. The number of aryl methyl sites for hydroxylation is 3. The van der Waals surface area contributed by atoms with Gasteiger partial charge in [0.1, 0.15) is 12.0 Å². The number of aromatic nitrogens is 5. The molecule has 0 unspecified atom stereocenters. The lowest BCUT2D eigenvalue weighted by atomic mass is 10.2. The first-order valence-corrected chi connectivity index (χ1v) is 4.49. The zero-order chi connectivity index (χ0) is 11.0. The van der Waals surface area contributed by atoms with Gasteiger partial charge in [-0.15, -0.1) is 10.2 Å². The third-order valence-electron chi connectivity index (χ3n) is 2.26. The van der Waals surface area contributed by atoms with Gasteiger partial charge in [-0.3, -0.25) is 9.48 Å². The first-order chi connectivity index (χ1) is 7.09. The lowest BCUT2D eigenvalue weighted by Crippen LogP contribution is -2.09. The fourth-order valence-electron chi connectivity index (χ4n) is 1.27. The van der Waals surface area contributed by atoms with Crippen molar-refractivity contribution in [2.45, 2.75) is 6.92 Å². The number of hydrogen-bond donors (Lipinski definition) is 0. The Bertz CT molecular complexity index is 491. The Morgan fingerprint density at radius 3 is 2.60 bits per heavy atom. The summed E-state index contributed by atoms with van der Waals surface area (Å²) in [6.45, 7) is 1.89. The van der Waals surface area contributed by atoms with E-state index in [2.05, 4.69) is 15.3 Å². The van der Waals surface area contributed by atoms with Crippen molar-refractivity contribution in [3.8, 4) is 0 Å². The molecular weight excluding hydrogens is 194 g/mol. The number of ketones is 1. The summed E-state index contributed by atoms with van der Waals surface area (Å²) in [6.07, 6.45) is 1.49. The van der Waals surface area contributed by atoms with Crippen LogP contribution in [0.15, 0.2) is 12.4 Å². The van der Waals surface area contributed by atoms with E-state index in [9.17, 15) is 4.79 Å². The van der Waals surface area contributed by atoms with E-state index < -0.39 is 0 Å². The summed E-state index contributed by atoms with van der Waals surface area (Å²) in [5, 5.41) is 11.5. The van der Waals surface area contributed by atoms with E-state index in [1.807, 2.05) is 6.92 Å².